The number of aryl methyl sites for hydroxylation is 1. The second kappa shape index (κ2) is 2.94. The van der Waals surface area contributed by atoms with Gasteiger partial charge < -0.3 is 10.2 Å². The molecule has 13 heavy (non-hydrogen) atoms. The summed E-state index contributed by atoms with van der Waals surface area (Å²) in [6.45, 7) is 1.97. The molecule has 2 aromatic rings. The lowest BCUT2D eigenvalue weighted by Crippen LogP contribution is -1.89. The van der Waals surface area contributed by atoms with Gasteiger partial charge in [-0.15, -0.1) is 0 Å². The summed E-state index contributed by atoms with van der Waals surface area (Å²) in [7, 11) is 0. The van der Waals surface area contributed by atoms with E-state index in [0.717, 1.165) is 16.8 Å². The predicted molar refractivity (Wildman–Crippen MR) is 51.1 cm³/mol. The van der Waals surface area contributed by atoms with E-state index < -0.39 is 0 Å². The number of nitrogens with zero attached hydrogens (tertiary/aromatic N) is 1. The fourth-order valence-electron chi connectivity index (χ4n) is 1.14. The Morgan fingerprint density at radius 3 is 2.85 bits per heavy atom. The molecule has 1 aromatic heterocycles. The van der Waals surface area contributed by atoms with Crippen LogP contribution >= 0.6 is 0 Å². The van der Waals surface area contributed by atoms with Gasteiger partial charge in [-0.25, -0.2) is 4.98 Å². The average molecular weight is 174 g/mol. The number of nitrogens with two attached hydrogens (primary N) is 1. The predicted octanol–water partition coefficient (Wildman–Crippen LogP) is 2.23. The standard InChI is InChI=1S/C10H10N2O/c1-7-2-3-8(6-9(7)11)10-12-4-5-13-10/h2-6H,11H2,1H3. The Labute approximate surface area is 76.2 Å². The molecular formula is C10H10N2O. The largest absolute Gasteiger partial charge is 0.445 e. The van der Waals surface area contributed by atoms with Crippen LogP contribution in [-0.4, -0.2) is 4.98 Å². The molecule has 1 aromatic carbocycles. The lowest BCUT2D eigenvalue weighted by Gasteiger charge is -2.00. The topological polar surface area (TPSA) is 52.0 Å². The van der Waals surface area contributed by atoms with Crippen LogP contribution in [0.2, 0.25) is 0 Å². The van der Waals surface area contributed by atoms with Gasteiger partial charge >= 0.3 is 0 Å². The monoisotopic (exact) mass is 174 g/mol. The summed E-state index contributed by atoms with van der Waals surface area (Å²) in [5.74, 6) is 0.603. The first kappa shape index (κ1) is 7.86. The van der Waals surface area contributed by atoms with Crippen LogP contribution in [0.1, 0.15) is 5.56 Å². The molecule has 2 rings (SSSR count). The number of nitrogen functional groups attached to an aromatic ring is 1. The zero-order chi connectivity index (χ0) is 9.26. The molecule has 0 saturated heterocycles. The molecule has 0 amide bonds. The first-order chi connectivity index (χ1) is 6.27. The number of anilines is 1. The smallest absolute Gasteiger partial charge is 0.225 e. The van der Waals surface area contributed by atoms with Crippen LogP contribution < -0.4 is 5.73 Å². The summed E-state index contributed by atoms with van der Waals surface area (Å²) in [6, 6.07) is 5.76. The molecule has 0 bridgehead atoms. The van der Waals surface area contributed by atoms with Crippen molar-refractivity contribution < 1.29 is 4.42 Å². The van der Waals surface area contributed by atoms with Gasteiger partial charge in [0.1, 0.15) is 6.26 Å². The molecule has 0 aliphatic rings. The van der Waals surface area contributed by atoms with E-state index in [4.69, 9.17) is 10.2 Å². The van der Waals surface area contributed by atoms with E-state index in [9.17, 15) is 0 Å². The fourth-order valence-corrected chi connectivity index (χ4v) is 1.14. The molecule has 0 aliphatic heterocycles. The van der Waals surface area contributed by atoms with Crippen molar-refractivity contribution in [2.75, 3.05) is 5.73 Å². The molecule has 3 heteroatoms. The van der Waals surface area contributed by atoms with Crippen molar-refractivity contribution in [2.24, 2.45) is 0 Å². The van der Waals surface area contributed by atoms with Crippen molar-refractivity contribution in [3.8, 4) is 11.5 Å². The van der Waals surface area contributed by atoms with Gasteiger partial charge in [0.15, 0.2) is 0 Å². The van der Waals surface area contributed by atoms with E-state index >= 15 is 0 Å². The Kier molecular flexibility index (Phi) is 1.77. The van der Waals surface area contributed by atoms with Gasteiger partial charge in [-0.3, -0.25) is 0 Å². The van der Waals surface area contributed by atoms with Gasteiger partial charge in [0, 0.05) is 11.3 Å². The van der Waals surface area contributed by atoms with Crippen molar-refractivity contribution in [1.29, 1.82) is 0 Å². The first-order valence-corrected chi connectivity index (χ1v) is 4.03. The Morgan fingerprint density at radius 2 is 2.23 bits per heavy atom. The first-order valence-electron chi connectivity index (χ1n) is 4.03. The van der Waals surface area contributed by atoms with Crippen LogP contribution in [0.5, 0.6) is 0 Å². The highest BCUT2D eigenvalue weighted by molar-refractivity contribution is 5.62. The number of rotatable bonds is 1. The maximum absolute atomic E-state index is 5.76. The minimum absolute atomic E-state index is 0.603. The molecule has 0 fully saturated rings. The molecule has 0 radical (unpaired) electrons. The van der Waals surface area contributed by atoms with E-state index in [1.807, 2.05) is 25.1 Å². The minimum Gasteiger partial charge on any atom is -0.445 e. The van der Waals surface area contributed by atoms with Crippen molar-refractivity contribution in [1.82, 2.24) is 4.98 Å². The maximum atomic E-state index is 5.76. The zero-order valence-corrected chi connectivity index (χ0v) is 7.32. The molecule has 0 aliphatic carbocycles. The highest BCUT2D eigenvalue weighted by Gasteiger charge is 2.02. The average Bonchev–Trinajstić information content (AvgIpc) is 2.62. The summed E-state index contributed by atoms with van der Waals surface area (Å²) in [5.41, 5.74) is 8.49. The number of benzene rings is 1. The number of oxazole rings is 1. The Bertz CT molecular complexity index is 407. The molecule has 1 heterocycles. The molecule has 0 unspecified atom stereocenters. The summed E-state index contributed by atoms with van der Waals surface area (Å²) < 4.78 is 5.15. The van der Waals surface area contributed by atoms with E-state index in [1.54, 1.807) is 12.5 Å². The van der Waals surface area contributed by atoms with E-state index in [0.29, 0.717) is 5.89 Å². The normalized spacial score (nSPS) is 10.2. The molecule has 2 N–H and O–H groups in total. The van der Waals surface area contributed by atoms with Crippen molar-refractivity contribution in [2.45, 2.75) is 6.92 Å². The van der Waals surface area contributed by atoms with Crippen LogP contribution in [0.3, 0.4) is 0 Å². The number of aromatic nitrogens is 1. The highest BCUT2D eigenvalue weighted by Crippen LogP contribution is 2.21. The Morgan fingerprint density at radius 1 is 1.38 bits per heavy atom. The highest BCUT2D eigenvalue weighted by atomic mass is 16.3. The third-order valence-corrected chi connectivity index (χ3v) is 1.96. The van der Waals surface area contributed by atoms with Crippen LogP contribution in [0, 0.1) is 6.92 Å². The second-order valence-electron chi connectivity index (χ2n) is 2.91. The lowest BCUT2D eigenvalue weighted by molar-refractivity contribution is 0.574. The zero-order valence-electron chi connectivity index (χ0n) is 7.32. The molecule has 66 valence electrons. The van der Waals surface area contributed by atoms with Crippen molar-refractivity contribution >= 4 is 5.69 Å². The van der Waals surface area contributed by atoms with Crippen LogP contribution in [0.4, 0.5) is 5.69 Å². The van der Waals surface area contributed by atoms with Gasteiger partial charge in [-0.2, -0.15) is 0 Å². The second-order valence-corrected chi connectivity index (χ2v) is 2.91. The summed E-state index contributed by atoms with van der Waals surface area (Å²) in [4.78, 5) is 4.04. The van der Waals surface area contributed by atoms with E-state index in [1.165, 1.54) is 0 Å². The molecule has 0 spiro atoms. The SMILES string of the molecule is Cc1ccc(-c2ncco2)cc1N. The molecule has 3 nitrogen and oxygen atoms in total. The molecule has 0 atom stereocenters. The Hall–Kier alpha value is -1.77. The molecular weight excluding hydrogens is 164 g/mol. The number of hydrogen-bond acceptors (Lipinski definition) is 3. The molecule has 0 saturated carbocycles. The Balaban J connectivity index is 2.49. The summed E-state index contributed by atoms with van der Waals surface area (Å²) in [6.07, 6.45) is 3.16. The minimum atomic E-state index is 0.603. The van der Waals surface area contributed by atoms with Gasteiger partial charge in [-0.05, 0) is 24.6 Å². The quantitative estimate of drug-likeness (QED) is 0.674. The van der Waals surface area contributed by atoms with Crippen LogP contribution in [-0.2, 0) is 0 Å². The summed E-state index contributed by atoms with van der Waals surface area (Å²) in [5, 5.41) is 0. The van der Waals surface area contributed by atoms with Crippen LogP contribution in [0.15, 0.2) is 35.1 Å². The van der Waals surface area contributed by atoms with E-state index in [-0.39, 0.29) is 0 Å². The lowest BCUT2D eigenvalue weighted by atomic mass is 10.1. The van der Waals surface area contributed by atoms with Gasteiger partial charge in [0.25, 0.3) is 0 Å². The van der Waals surface area contributed by atoms with Gasteiger partial charge in [-0.1, -0.05) is 6.07 Å². The number of hydrogen-bond donors (Lipinski definition) is 1. The van der Waals surface area contributed by atoms with Gasteiger partial charge in [0.05, 0.1) is 6.20 Å². The summed E-state index contributed by atoms with van der Waals surface area (Å²) >= 11 is 0. The van der Waals surface area contributed by atoms with Crippen LogP contribution in [0.25, 0.3) is 11.5 Å². The van der Waals surface area contributed by atoms with Crippen molar-refractivity contribution in [3.63, 3.8) is 0 Å². The third-order valence-electron chi connectivity index (χ3n) is 1.96. The van der Waals surface area contributed by atoms with Gasteiger partial charge in [0.2, 0.25) is 5.89 Å². The maximum Gasteiger partial charge on any atom is 0.225 e. The fraction of sp³-hybridized carbons (Fsp3) is 0.100. The van der Waals surface area contributed by atoms with Crippen molar-refractivity contribution in [3.05, 3.63) is 36.2 Å². The van der Waals surface area contributed by atoms with E-state index in [2.05, 4.69) is 4.98 Å². The third kappa shape index (κ3) is 1.40.